The number of esters is 4. The van der Waals surface area contributed by atoms with Crippen LogP contribution in [0.2, 0.25) is 10.0 Å². The maximum atomic E-state index is 13.1. The lowest BCUT2D eigenvalue weighted by molar-refractivity contribution is -0.137. The van der Waals surface area contributed by atoms with Crippen molar-refractivity contribution in [2.45, 2.75) is 296 Å². The SMILES string of the molecule is CCCC1C/C=C/CC/C=C/C(=N/OCC(=O)N2CCCCC2)Cc2c(Cl)c(O)cc(O)c2C(=O)O1.CCCC1C/C=C/CC/C=C/C(=N/OCC(=O)N2CCCCC2)Cc2cc(O)cc(O)c2C(=O)O1.CCCC1C/C=C/CC/C=C/C(=N\OCC(=O)N2CCCCC2)Cc2c(Cl)c(O)cc(O)c2C(=O)O1.CCCC1C/C=C/CCCC/C(=N\OCC(=O)N2CCCCC2)Cc2cc(O)cc(O)c2C(=O)O1. The van der Waals surface area contributed by atoms with Crippen molar-refractivity contribution in [3.8, 4) is 46.0 Å². The molecule has 0 bridgehead atoms. The number of allylic oxidation sites excluding steroid dienone is 10. The molecule has 0 spiro atoms. The molecule has 0 aliphatic carbocycles. The molecule has 12 rings (SSSR count). The number of benzene rings is 4. The van der Waals surface area contributed by atoms with Gasteiger partial charge in [-0.2, -0.15) is 0 Å². The van der Waals surface area contributed by atoms with Crippen LogP contribution in [0, 0.1) is 0 Å². The largest absolute Gasteiger partial charge is 0.508 e. The van der Waals surface area contributed by atoms with Crippen molar-refractivity contribution < 1.29 is 118 Å². The average Bonchev–Trinajstić information content (AvgIpc) is 0.793. The Kier molecular flexibility index (Phi) is 49.6. The summed E-state index contributed by atoms with van der Waals surface area (Å²) in [6.45, 7) is 13.2. The first-order valence-corrected chi connectivity index (χ1v) is 51.4. The topological polar surface area (TPSA) is 435 Å². The van der Waals surface area contributed by atoms with Crippen molar-refractivity contribution in [1.82, 2.24) is 19.6 Å². The minimum absolute atomic E-state index is 0.00423. The first-order chi connectivity index (χ1) is 68.7. The molecule has 34 heteroatoms. The molecule has 8 heterocycles. The molecule has 4 atom stereocenters. The van der Waals surface area contributed by atoms with E-state index < -0.39 is 35.4 Å². The van der Waals surface area contributed by atoms with E-state index in [1.54, 1.807) is 37.8 Å². The molecule has 4 unspecified atom stereocenters. The van der Waals surface area contributed by atoms with Crippen molar-refractivity contribution >= 4 is 93.6 Å². The number of piperidine rings is 4. The Labute approximate surface area is 843 Å². The number of phenols is 8. The molecule has 8 aliphatic rings. The van der Waals surface area contributed by atoms with Crippen LogP contribution < -0.4 is 0 Å². The highest BCUT2D eigenvalue weighted by atomic mass is 35.5. The molecule has 142 heavy (non-hydrogen) atoms. The van der Waals surface area contributed by atoms with Gasteiger partial charge in [0, 0.05) is 128 Å². The molecule has 32 nitrogen and oxygen atoms in total. The Morgan fingerprint density at radius 2 is 0.606 bits per heavy atom. The second-order valence-corrected chi connectivity index (χ2v) is 37.2. The predicted molar refractivity (Wildman–Crippen MR) is 544 cm³/mol. The summed E-state index contributed by atoms with van der Waals surface area (Å²) in [4.78, 5) is 131. The molecule has 4 saturated heterocycles. The minimum Gasteiger partial charge on any atom is -0.508 e. The molecule has 4 aromatic carbocycles. The van der Waals surface area contributed by atoms with E-state index in [0.29, 0.717) is 85.3 Å². The number of rotatable bonds is 20. The zero-order chi connectivity index (χ0) is 102. The molecule has 8 aliphatic heterocycles. The fraction of sp³-hybridized carbons (Fsp3) is 0.537. The summed E-state index contributed by atoms with van der Waals surface area (Å²) in [5, 5.41) is 99.3. The molecule has 774 valence electrons. The summed E-state index contributed by atoms with van der Waals surface area (Å²) in [6.07, 6.45) is 55.2. The second kappa shape index (κ2) is 62.2. The number of aromatic hydroxyl groups is 8. The number of hydrogen-bond acceptors (Lipinski definition) is 28. The summed E-state index contributed by atoms with van der Waals surface area (Å²) < 4.78 is 22.9. The van der Waals surface area contributed by atoms with Crippen molar-refractivity contribution in [3.63, 3.8) is 0 Å². The molecule has 0 saturated carbocycles. The molecule has 0 aromatic heterocycles. The molecular formula is C108H144Cl2N8O24. The fourth-order valence-electron chi connectivity index (χ4n) is 17.5. The van der Waals surface area contributed by atoms with E-state index in [-0.39, 0.29) is 178 Å². The number of likely N-dealkylation sites (tertiary alicyclic amines) is 4. The third kappa shape index (κ3) is 38.2. The van der Waals surface area contributed by atoms with Crippen LogP contribution in [-0.2, 0) is 83.2 Å². The van der Waals surface area contributed by atoms with Crippen LogP contribution in [0.15, 0.2) is 142 Å². The van der Waals surface area contributed by atoms with Gasteiger partial charge in [0.2, 0.25) is 0 Å². The number of nitrogens with zero attached hydrogens (tertiary/aromatic N) is 8. The van der Waals surface area contributed by atoms with E-state index in [4.69, 9.17) is 61.5 Å². The number of carbonyl (C=O) groups excluding carboxylic acids is 8. The summed E-state index contributed by atoms with van der Waals surface area (Å²) in [5.41, 5.74) is 2.79. The lowest BCUT2D eigenvalue weighted by Gasteiger charge is -2.26. The number of carbonyl (C=O) groups is 8. The number of amides is 4. The van der Waals surface area contributed by atoms with Crippen LogP contribution >= 0.6 is 23.2 Å². The zero-order valence-electron chi connectivity index (χ0n) is 82.7. The normalized spacial score (nSPS) is 22.3. The van der Waals surface area contributed by atoms with Crippen LogP contribution in [0.4, 0.5) is 0 Å². The van der Waals surface area contributed by atoms with Crippen molar-refractivity contribution in [3.05, 3.63) is 176 Å². The minimum atomic E-state index is -0.724. The molecule has 4 aromatic rings. The molecule has 4 amide bonds. The Bertz CT molecular complexity index is 5010. The summed E-state index contributed by atoms with van der Waals surface area (Å²) in [5.74, 6) is -5.76. The van der Waals surface area contributed by atoms with Gasteiger partial charge in [0.15, 0.2) is 26.4 Å². The Balaban J connectivity index is 0.000000211. The average molecular weight is 2010 g/mol. The highest BCUT2D eigenvalue weighted by Gasteiger charge is 2.33. The van der Waals surface area contributed by atoms with E-state index in [2.05, 4.69) is 32.8 Å². The van der Waals surface area contributed by atoms with Crippen molar-refractivity contribution in [2.24, 2.45) is 20.6 Å². The second-order valence-electron chi connectivity index (χ2n) is 36.4. The van der Waals surface area contributed by atoms with Gasteiger partial charge >= 0.3 is 23.9 Å². The smallest absolute Gasteiger partial charge is 0.342 e. The lowest BCUT2D eigenvalue weighted by Crippen LogP contribution is -2.37. The monoisotopic (exact) mass is 2010 g/mol. The molecule has 4 fully saturated rings. The van der Waals surface area contributed by atoms with Crippen molar-refractivity contribution in [1.29, 1.82) is 0 Å². The van der Waals surface area contributed by atoms with Crippen molar-refractivity contribution in [2.75, 3.05) is 78.8 Å². The number of halogens is 2. The quantitative estimate of drug-likeness (QED) is 0.0176. The number of phenolic OH excluding ortho intramolecular Hbond substituents is 8. The maximum Gasteiger partial charge on any atom is 0.342 e. The van der Waals surface area contributed by atoms with Crippen LogP contribution in [0.3, 0.4) is 0 Å². The van der Waals surface area contributed by atoms with Gasteiger partial charge in [0.1, 0.15) is 92.7 Å². The summed E-state index contributed by atoms with van der Waals surface area (Å²) in [7, 11) is 0. The van der Waals surface area contributed by atoms with Gasteiger partial charge in [-0.3, -0.25) is 19.2 Å². The Morgan fingerprint density at radius 1 is 0.324 bits per heavy atom. The van der Waals surface area contributed by atoms with Gasteiger partial charge in [-0.05, 0) is 220 Å². The van der Waals surface area contributed by atoms with Crippen LogP contribution in [0.1, 0.15) is 310 Å². The highest BCUT2D eigenvalue weighted by molar-refractivity contribution is 6.34. The van der Waals surface area contributed by atoms with E-state index in [0.717, 1.165) is 244 Å². The van der Waals surface area contributed by atoms with Gasteiger partial charge in [0.25, 0.3) is 23.6 Å². The van der Waals surface area contributed by atoms with Gasteiger partial charge in [-0.25, -0.2) is 19.2 Å². The van der Waals surface area contributed by atoms with Crippen LogP contribution in [0.5, 0.6) is 46.0 Å². The molecule has 0 radical (unpaired) electrons. The maximum absolute atomic E-state index is 13.1. The van der Waals surface area contributed by atoms with Crippen LogP contribution in [-0.4, -0.2) is 234 Å². The predicted octanol–water partition coefficient (Wildman–Crippen LogP) is 20.1. The third-order valence-corrected chi connectivity index (χ3v) is 25.8. The van der Waals surface area contributed by atoms with E-state index in [1.807, 2.05) is 82.4 Å². The van der Waals surface area contributed by atoms with E-state index in [9.17, 15) is 79.2 Å². The number of cyclic esters (lactones) is 4. The van der Waals surface area contributed by atoms with Gasteiger partial charge in [-0.1, -0.05) is 164 Å². The fourth-order valence-corrected chi connectivity index (χ4v) is 17.9. The first-order valence-electron chi connectivity index (χ1n) is 50.6. The summed E-state index contributed by atoms with van der Waals surface area (Å²) in [6, 6.07) is 7.19. The number of oxime groups is 4. The van der Waals surface area contributed by atoms with Crippen LogP contribution in [0.25, 0.3) is 0 Å². The molecule has 8 N–H and O–H groups in total. The van der Waals surface area contributed by atoms with E-state index >= 15 is 0 Å². The van der Waals surface area contributed by atoms with Gasteiger partial charge < -0.3 is 98.7 Å². The Morgan fingerprint density at radius 3 is 0.930 bits per heavy atom. The van der Waals surface area contributed by atoms with Gasteiger partial charge in [0.05, 0.1) is 32.9 Å². The van der Waals surface area contributed by atoms with E-state index in [1.165, 1.54) is 12.1 Å². The number of ether oxygens (including phenoxy) is 4. The summed E-state index contributed by atoms with van der Waals surface area (Å²) >= 11 is 12.8. The Hall–Kier alpha value is -12.3. The third-order valence-electron chi connectivity index (χ3n) is 25.0. The number of fused-ring (bicyclic) bond motifs is 4. The van der Waals surface area contributed by atoms with Gasteiger partial charge in [-0.15, -0.1) is 0 Å². The number of hydrogen-bond donors (Lipinski definition) is 8. The highest BCUT2D eigenvalue weighted by Crippen LogP contribution is 2.41. The first kappa shape index (κ1) is 113. The molecular weight excluding hydrogens is 1860 g/mol. The lowest BCUT2D eigenvalue weighted by atomic mass is 9.97. The standard InChI is InChI=1S/2C27H35ClN2O6.C27H38N2O6.C27H36N2O6/c2*1-2-11-20-13-8-5-3-4-7-12-19(29-35-18-24(33)30-14-9-6-10-15-30)16-21-25(27(34)36-20)22(31)17-23(32)26(21)28;2*1-2-11-23-13-8-5-3-4-7-12-21(28-34-19-25(32)29-14-9-6-10-15-29)16-20-17-22(30)18-24(31)26(20)27(33)35-23/h2*5,7-8,12,17,20,31-32H,2-4,6,9-11,13-16,18H2,1H3;5,8,17-18,23,30-31H,2-4,6-7,9-16,19H2,1H3;5,7-8,12,17-18,23,30-31H,2-4,6,9-11,13-16,19H2,1H3/b8-5+,12-7+,29-19+;8-5+,12-7+,29-19-;8-5+,28-21+;8-5+,12-7+,28-21-. The zero-order valence-corrected chi connectivity index (χ0v) is 84.2.